The molecule has 0 amide bonds. The SMILES string of the molecule is Fc1cccc(OCC(Br)C(F)(F)F)c1. The summed E-state index contributed by atoms with van der Waals surface area (Å²) in [6.45, 7) is -0.590. The summed E-state index contributed by atoms with van der Waals surface area (Å²) in [5, 5.41) is 0. The predicted molar refractivity (Wildman–Crippen MR) is 50.7 cm³/mol. The van der Waals surface area contributed by atoms with Crippen LogP contribution >= 0.6 is 15.9 Å². The van der Waals surface area contributed by atoms with Gasteiger partial charge in [0.1, 0.15) is 23.0 Å². The maximum Gasteiger partial charge on any atom is 0.404 e. The molecule has 15 heavy (non-hydrogen) atoms. The zero-order valence-electron chi connectivity index (χ0n) is 7.39. The van der Waals surface area contributed by atoms with Gasteiger partial charge in [-0.25, -0.2) is 4.39 Å². The van der Waals surface area contributed by atoms with Gasteiger partial charge in [0, 0.05) is 6.07 Å². The van der Waals surface area contributed by atoms with E-state index in [-0.39, 0.29) is 5.75 Å². The normalized spacial score (nSPS) is 13.7. The van der Waals surface area contributed by atoms with E-state index in [2.05, 4.69) is 15.9 Å². The quantitative estimate of drug-likeness (QED) is 0.610. The molecular weight excluding hydrogens is 280 g/mol. The van der Waals surface area contributed by atoms with Crippen molar-refractivity contribution in [1.29, 1.82) is 0 Å². The summed E-state index contributed by atoms with van der Waals surface area (Å²) in [7, 11) is 0. The molecule has 0 radical (unpaired) electrons. The van der Waals surface area contributed by atoms with Gasteiger partial charge in [-0.2, -0.15) is 13.2 Å². The van der Waals surface area contributed by atoms with Crippen LogP contribution in [0.25, 0.3) is 0 Å². The van der Waals surface area contributed by atoms with Gasteiger partial charge in [0.05, 0.1) is 0 Å². The van der Waals surface area contributed by atoms with E-state index in [0.717, 1.165) is 6.07 Å². The first-order valence-corrected chi connectivity index (χ1v) is 4.90. The van der Waals surface area contributed by atoms with Crippen molar-refractivity contribution in [2.75, 3.05) is 6.61 Å². The van der Waals surface area contributed by atoms with E-state index in [1.165, 1.54) is 18.2 Å². The largest absolute Gasteiger partial charge is 0.492 e. The van der Waals surface area contributed by atoms with Crippen LogP contribution in [-0.4, -0.2) is 17.6 Å². The van der Waals surface area contributed by atoms with Crippen LogP contribution in [0.1, 0.15) is 0 Å². The van der Waals surface area contributed by atoms with E-state index >= 15 is 0 Å². The molecule has 0 bridgehead atoms. The maximum atomic E-state index is 12.6. The molecule has 0 aromatic heterocycles. The van der Waals surface area contributed by atoms with E-state index in [0.29, 0.717) is 0 Å². The highest BCUT2D eigenvalue weighted by atomic mass is 79.9. The van der Waals surface area contributed by atoms with Gasteiger partial charge >= 0.3 is 6.18 Å². The van der Waals surface area contributed by atoms with Crippen LogP contribution in [0.15, 0.2) is 24.3 Å². The summed E-state index contributed by atoms with van der Waals surface area (Å²) < 4.78 is 53.5. The first-order valence-electron chi connectivity index (χ1n) is 3.99. The number of hydrogen-bond acceptors (Lipinski definition) is 1. The Hall–Kier alpha value is -0.780. The fourth-order valence-electron chi connectivity index (χ4n) is 0.821. The number of rotatable bonds is 3. The van der Waals surface area contributed by atoms with Crippen molar-refractivity contribution in [3.8, 4) is 5.75 Å². The molecule has 0 aliphatic heterocycles. The number of hydrogen-bond donors (Lipinski definition) is 0. The van der Waals surface area contributed by atoms with E-state index in [9.17, 15) is 17.6 Å². The average Bonchev–Trinajstić information content (AvgIpc) is 2.12. The Kier molecular flexibility index (Phi) is 3.96. The van der Waals surface area contributed by atoms with Crippen LogP contribution < -0.4 is 4.74 Å². The molecule has 0 aliphatic rings. The van der Waals surface area contributed by atoms with Crippen LogP contribution in [0.3, 0.4) is 0 Å². The van der Waals surface area contributed by atoms with Crippen LogP contribution in [0.4, 0.5) is 17.6 Å². The summed E-state index contributed by atoms with van der Waals surface area (Å²) in [4.78, 5) is -1.76. The van der Waals surface area contributed by atoms with E-state index in [4.69, 9.17) is 4.74 Å². The number of ether oxygens (including phenoxy) is 1. The second kappa shape index (κ2) is 4.83. The first-order chi connectivity index (χ1) is 6.89. The van der Waals surface area contributed by atoms with Crippen LogP contribution in [0.2, 0.25) is 0 Å². The van der Waals surface area contributed by atoms with E-state index < -0.39 is 23.4 Å². The molecule has 0 heterocycles. The minimum atomic E-state index is -4.37. The first kappa shape index (κ1) is 12.3. The minimum absolute atomic E-state index is 0.0729. The standard InChI is InChI=1S/C9H7BrF4O/c10-8(9(12,13)14)5-15-7-3-1-2-6(11)4-7/h1-4,8H,5H2. The molecule has 0 spiro atoms. The highest BCUT2D eigenvalue weighted by Gasteiger charge is 2.38. The Labute approximate surface area is 92.2 Å². The van der Waals surface area contributed by atoms with Crippen molar-refractivity contribution >= 4 is 15.9 Å². The maximum absolute atomic E-state index is 12.6. The Morgan fingerprint density at radius 3 is 2.53 bits per heavy atom. The van der Waals surface area contributed by atoms with Crippen molar-refractivity contribution in [2.45, 2.75) is 11.0 Å². The molecular formula is C9H7BrF4O. The molecule has 84 valence electrons. The molecule has 0 saturated heterocycles. The van der Waals surface area contributed by atoms with Gasteiger partial charge in [-0.15, -0.1) is 0 Å². The summed E-state index contributed by atoms with van der Waals surface area (Å²) >= 11 is 2.43. The lowest BCUT2D eigenvalue weighted by atomic mass is 10.3. The third-order valence-electron chi connectivity index (χ3n) is 1.55. The lowest BCUT2D eigenvalue weighted by Gasteiger charge is -2.14. The summed E-state index contributed by atoms with van der Waals surface area (Å²) in [6, 6.07) is 4.96. The Morgan fingerprint density at radius 2 is 2.00 bits per heavy atom. The second-order valence-corrected chi connectivity index (χ2v) is 3.88. The molecule has 1 atom stereocenters. The van der Waals surface area contributed by atoms with E-state index in [1.807, 2.05) is 0 Å². The number of benzene rings is 1. The molecule has 1 unspecified atom stereocenters. The van der Waals surface area contributed by atoms with Gasteiger partial charge in [0.2, 0.25) is 0 Å². The van der Waals surface area contributed by atoms with Crippen LogP contribution in [0.5, 0.6) is 5.75 Å². The second-order valence-electron chi connectivity index (χ2n) is 2.78. The summed E-state index contributed by atoms with van der Waals surface area (Å²) in [6.07, 6.45) is -4.37. The van der Waals surface area contributed by atoms with Crippen molar-refractivity contribution in [2.24, 2.45) is 0 Å². The summed E-state index contributed by atoms with van der Waals surface area (Å²) in [5.41, 5.74) is 0. The van der Waals surface area contributed by atoms with Gasteiger partial charge in [-0.05, 0) is 12.1 Å². The average molecular weight is 287 g/mol. The lowest BCUT2D eigenvalue weighted by Crippen LogP contribution is -2.28. The van der Waals surface area contributed by atoms with Gasteiger partial charge in [0.25, 0.3) is 0 Å². The molecule has 1 rings (SSSR count). The van der Waals surface area contributed by atoms with Crippen molar-refractivity contribution < 1.29 is 22.3 Å². The number of alkyl halides is 4. The zero-order chi connectivity index (χ0) is 11.5. The highest BCUT2D eigenvalue weighted by molar-refractivity contribution is 9.09. The topological polar surface area (TPSA) is 9.23 Å². The van der Waals surface area contributed by atoms with Crippen LogP contribution in [0, 0.1) is 5.82 Å². The van der Waals surface area contributed by atoms with Gasteiger partial charge in [-0.3, -0.25) is 0 Å². The van der Waals surface area contributed by atoms with Crippen molar-refractivity contribution in [1.82, 2.24) is 0 Å². The van der Waals surface area contributed by atoms with E-state index in [1.54, 1.807) is 0 Å². The van der Waals surface area contributed by atoms with Gasteiger partial charge in [-0.1, -0.05) is 22.0 Å². The molecule has 1 nitrogen and oxygen atoms in total. The summed E-state index contributed by atoms with van der Waals surface area (Å²) in [5.74, 6) is -0.477. The molecule has 1 aromatic rings. The molecule has 6 heteroatoms. The highest BCUT2D eigenvalue weighted by Crippen LogP contribution is 2.27. The van der Waals surface area contributed by atoms with Crippen molar-refractivity contribution in [3.05, 3.63) is 30.1 Å². The van der Waals surface area contributed by atoms with Crippen LogP contribution in [-0.2, 0) is 0 Å². The number of halogens is 5. The van der Waals surface area contributed by atoms with Gasteiger partial charge in [0.15, 0.2) is 0 Å². The minimum Gasteiger partial charge on any atom is -0.492 e. The Bertz CT molecular complexity index is 326. The lowest BCUT2D eigenvalue weighted by molar-refractivity contribution is -0.132. The Balaban J connectivity index is 2.51. The molecule has 0 N–H and O–H groups in total. The fourth-order valence-corrected chi connectivity index (χ4v) is 0.953. The zero-order valence-corrected chi connectivity index (χ0v) is 8.98. The Morgan fingerprint density at radius 1 is 1.33 bits per heavy atom. The molecule has 0 aliphatic carbocycles. The third kappa shape index (κ3) is 4.07. The predicted octanol–water partition coefficient (Wildman–Crippen LogP) is 3.53. The van der Waals surface area contributed by atoms with Crippen molar-refractivity contribution in [3.63, 3.8) is 0 Å². The third-order valence-corrected chi connectivity index (χ3v) is 2.33. The molecule has 1 aromatic carbocycles. The van der Waals surface area contributed by atoms with Gasteiger partial charge < -0.3 is 4.74 Å². The molecule has 0 fully saturated rings. The smallest absolute Gasteiger partial charge is 0.404 e. The monoisotopic (exact) mass is 286 g/mol. The fraction of sp³-hybridized carbons (Fsp3) is 0.333. The molecule has 0 saturated carbocycles.